The van der Waals surface area contributed by atoms with Crippen LogP contribution in [-0.4, -0.2) is 52.4 Å². The summed E-state index contributed by atoms with van der Waals surface area (Å²) in [5, 5.41) is 1.11. The van der Waals surface area contributed by atoms with Gasteiger partial charge in [-0.25, -0.2) is 0 Å². The number of likely N-dealkylation sites (N-methyl/N-ethyl adjacent to an activating group) is 1. The van der Waals surface area contributed by atoms with Crippen LogP contribution in [0.5, 0.6) is 0 Å². The van der Waals surface area contributed by atoms with E-state index in [0.717, 1.165) is 42.4 Å². The van der Waals surface area contributed by atoms with E-state index in [1.54, 1.807) is 0 Å². The molecule has 2 aliphatic heterocycles. The second-order valence-corrected chi connectivity index (χ2v) is 7.30. The summed E-state index contributed by atoms with van der Waals surface area (Å²) in [4.78, 5) is 22.3. The number of carbonyl (C=O) groups excluding carboxylic acids is 1. The Labute approximate surface area is 149 Å². The van der Waals surface area contributed by atoms with Gasteiger partial charge in [0.2, 0.25) is 5.91 Å². The van der Waals surface area contributed by atoms with E-state index in [9.17, 15) is 4.79 Å². The van der Waals surface area contributed by atoms with Crippen LogP contribution in [0.1, 0.15) is 38.2 Å². The van der Waals surface area contributed by atoms with E-state index < -0.39 is 0 Å². The Morgan fingerprint density at radius 3 is 2.80 bits per heavy atom. The molecule has 2 atom stereocenters. The molecule has 2 saturated heterocycles. The third-order valence-corrected chi connectivity index (χ3v) is 5.94. The highest BCUT2D eigenvalue weighted by Gasteiger charge is 2.38. The van der Waals surface area contributed by atoms with E-state index in [0.29, 0.717) is 18.5 Å². The maximum absolute atomic E-state index is 13.1. The summed E-state index contributed by atoms with van der Waals surface area (Å²) in [6.45, 7) is 5.43. The smallest absolute Gasteiger partial charge is 0.227 e. The molecule has 132 valence electrons. The highest BCUT2D eigenvalue weighted by atomic mass is 16.2. The van der Waals surface area contributed by atoms with Crippen molar-refractivity contribution in [1.29, 1.82) is 0 Å². The minimum atomic E-state index is 0.267. The Kier molecular flexibility index (Phi) is 4.71. The number of rotatable bonds is 4. The minimum absolute atomic E-state index is 0.267. The molecule has 2 fully saturated rings. The fraction of sp³-hybridized carbons (Fsp3) is 0.524. The molecule has 4 rings (SSSR count). The van der Waals surface area contributed by atoms with E-state index in [1.807, 2.05) is 24.4 Å². The van der Waals surface area contributed by atoms with Crippen molar-refractivity contribution in [2.75, 3.05) is 19.6 Å². The van der Waals surface area contributed by atoms with E-state index in [4.69, 9.17) is 0 Å². The molecule has 0 N–H and O–H groups in total. The van der Waals surface area contributed by atoms with Gasteiger partial charge in [-0.3, -0.25) is 14.7 Å². The zero-order valence-corrected chi connectivity index (χ0v) is 15.0. The molecule has 0 saturated carbocycles. The summed E-state index contributed by atoms with van der Waals surface area (Å²) >= 11 is 0. The number of amides is 1. The van der Waals surface area contributed by atoms with Gasteiger partial charge in [0.05, 0.1) is 11.9 Å². The molecular weight excluding hydrogens is 310 g/mol. The van der Waals surface area contributed by atoms with Crippen LogP contribution in [0.4, 0.5) is 0 Å². The summed E-state index contributed by atoms with van der Waals surface area (Å²) in [6.07, 6.45) is 7.07. The van der Waals surface area contributed by atoms with Gasteiger partial charge in [-0.1, -0.05) is 31.2 Å². The highest BCUT2D eigenvalue weighted by molar-refractivity contribution is 5.87. The van der Waals surface area contributed by atoms with Crippen LogP contribution in [0.25, 0.3) is 10.9 Å². The minimum Gasteiger partial charge on any atom is -0.338 e. The number of nitrogens with zero attached hydrogens (tertiary/aromatic N) is 3. The van der Waals surface area contributed by atoms with Gasteiger partial charge in [-0.05, 0) is 50.4 Å². The van der Waals surface area contributed by atoms with Crippen molar-refractivity contribution < 1.29 is 4.79 Å². The quantitative estimate of drug-likeness (QED) is 0.859. The van der Waals surface area contributed by atoms with Crippen molar-refractivity contribution in [1.82, 2.24) is 14.8 Å². The van der Waals surface area contributed by atoms with Gasteiger partial charge < -0.3 is 4.90 Å². The first-order chi connectivity index (χ1) is 12.3. The lowest BCUT2D eigenvalue weighted by atomic mass is 10.0. The van der Waals surface area contributed by atoms with Crippen LogP contribution in [0, 0.1) is 0 Å². The van der Waals surface area contributed by atoms with Crippen molar-refractivity contribution in [2.45, 2.75) is 51.1 Å². The van der Waals surface area contributed by atoms with Crippen molar-refractivity contribution in [3.05, 3.63) is 42.1 Å². The van der Waals surface area contributed by atoms with Crippen LogP contribution in [0.15, 0.2) is 36.5 Å². The van der Waals surface area contributed by atoms with Crippen LogP contribution >= 0.6 is 0 Å². The molecule has 2 aromatic rings. The fourth-order valence-electron chi connectivity index (χ4n) is 4.76. The van der Waals surface area contributed by atoms with E-state index >= 15 is 0 Å². The number of pyridine rings is 1. The molecule has 0 radical (unpaired) electrons. The Balaban J connectivity index is 1.53. The Morgan fingerprint density at radius 2 is 1.92 bits per heavy atom. The third-order valence-electron chi connectivity index (χ3n) is 5.94. The van der Waals surface area contributed by atoms with Crippen LogP contribution in [-0.2, 0) is 11.2 Å². The lowest BCUT2D eigenvalue weighted by Crippen LogP contribution is -2.48. The first-order valence-electron chi connectivity index (χ1n) is 9.64. The average Bonchev–Trinajstić information content (AvgIpc) is 3.30. The number of likely N-dealkylation sites (tertiary alicyclic amines) is 2. The number of aromatic nitrogens is 1. The number of para-hydroxylation sites is 1. The Hall–Kier alpha value is -1.94. The van der Waals surface area contributed by atoms with E-state index in [-0.39, 0.29) is 5.91 Å². The molecule has 0 unspecified atom stereocenters. The normalized spacial score (nSPS) is 24.3. The fourth-order valence-corrected chi connectivity index (χ4v) is 4.76. The van der Waals surface area contributed by atoms with E-state index in [1.165, 1.54) is 19.4 Å². The monoisotopic (exact) mass is 337 g/mol. The predicted octanol–water partition coefficient (Wildman–Crippen LogP) is 3.25. The summed E-state index contributed by atoms with van der Waals surface area (Å²) < 4.78 is 0. The molecule has 1 amide bonds. The molecule has 1 aromatic carbocycles. The topological polar surface area (TPSA) is 36.4 Å². The molecule has 0 aliphatic carbocycles. The maximum atomic E-state index is 13.1. The summed E-state index contributed by atoms with van der Waals surface area (Å²) in [5.74, 6) is 0.267. The molecule has 25 heavy (non-hydrogen) atoms. The van der Waals surface area contributed by atoms with Gasteiger partial charge in [0.25, 0.3) is 0 Å². The summed E-state index contributed by atoms with van der Waals surface area (Å²) in [7, 11) is 0. The average molecular weight is 337 g/mol. The molecule has 3 heterocycles. The Morgan fingerprint density at radius 1 is 1.12 bits per heavy atom. The van der Waals surface area contributed by atoms with Gasteiger partial charge in [-0.15, -0.1) is 0 Å². The zero-order chi connectivity index (χ0) is 17.2. The van der Waals surface area contributed by atoms with Crippen molar-refractivity contribution in [3.8, 4) is 0 Å². The van der Waals surface area contributed by atoms with Gasteiger partial charge in [0.15, 0.2) is 0 Å². The molecule has 0 spiro atoms. The standard InChI is InChI=1S/C21H27N3O/c1-2-23-13-5-10-18(23)19-11-6-14-24(19)20(25)15-17-8-3-7-16-9-4-12-22-21(16)17/h3-4,7-9,12,18-19H,2,5-6,10-11,13-15H2,1H3/t18-,19-/m1/s1. The number of hydrogen-bond donors (Lipinski definition) is 0. The van der Waals surface area contributed by atoms with Gasteiger partial charge in [0, 0.05) is 30.2 Å². The molecular formula is C21H27N3O. The molecule has 0 bridgehead atoms. The zero-order valence-electron chi connectivity index (χ0n) is 15.0. The summed E-state index contributed by atoms with van der Waals surface area (Å²) in [6, 6.07) is 11.1. The Bertz CT molecular complexity index is 754. The number of fused-ring (bicyclic) bond motifs is 1. The first kappa shape index (κ1) is 16.5. The molecule has 4 nitrogen and oxygen atoms in total. The van der Waals surface area contributed by atoms with Crippen molar-refractivity contribution >= 4 is 16.8 Å². The SMILES string of the molecule is CCN1CCC[C@@H]1[C@H]1CCCN1C(=O)Cc1cccc2cccnc12. The number of benzene rings is 1. The van der Waals surface area contributed by atoms with Crippen molar-refractivity contribution in [3.63, 3.8) is 0 Å². The summed E-state index contributed by atoms with van der Waals surface area (Å²) in [5.41, 5.74) is 2.01. The third kappa shape index (κ3) is 3.15. The highest BCUT2D eigenvalue weighted by Crippen LogP contribution is 2.30. The number of carbonyl (C=O) groups is 1. The predicted molar refractivity (Wildman–Crippen MR) is 100 cm³/mol. The van der Waals surface area contributed by atoms with Gasteiger partial charge >= 0.3 is 0 Å². The van der Waals surface area contributed by atoms with Crippen LogP contribution < -0.4 is 0 Å². The molecule has 1 aromatic heterocycles. The molecule has 4 heteroatoms. The second kappa shape index (κ2) is 7.12. The van der Waals surface area contributed by atoms with Crippen LogP contribution in [0.3, 0.4) is 0 Å². The first-order valence-corrected chi connectivity index (χ1v) is 9.64. The maximum Gasteiger partial charge on any atom is 0.227 e. The lowest BCUT2D eigenvalue weighted by Gasteiger charge is -2.34. The lowest BCUT2D eigenvalue weighted by molar-refractivity contribution is -0.132. The van der Waals surface area contributed by atoms with Crippen LogP contribution in [0.2, 0.25) is 0 Å². The second-order valence-electron chi connectivity index (χ2n) is 7.30. The van der Waals surface area contributed by atoms with Gasteiger partial charge in [-0.2, -0.15) is 0 Å². The number of hydrogen-bond acceptors (Lipinski definition) is 3. The van der Waals surface area contributed by atoms with E-state index in [2.05, 4.69) is 33.8 Å². The molecule has 2 aliphatic rings. The van der Waals surface area contributed by atoms with Gasteiger partial charge in [0.1, 0.15) is 0 Å². The largest absolute Gasteiger partial charge is 0.338 e. The van der Waals surface area contributed by atoms with Crippen molar-refractivity contribution in [2.24, 2.45) is 0 Å².